The van der Waals surface area contributed by atoms with Gasteiger partial charge in [0.1, 0.15) is 5.82 Å². The molecule has 0 aromatic heterocycles. The first-order chi connectivity index (χ1) is 7.08. The molecule has 0 aliphatic carbocycles. The Kier molecular flexibility index (Phi) is 4.17. The van der Waals surface area contributed by atoms with Gasteiger partial charge in [0.05, 0.1) is 6.34 Å². The highest BCUT2D eigenvalue weighted by atomic mass is 32.1. The number of anilines is 1. The Bertz CT molecular complexity index is 377. The number of nitrogens with one attached hydrogen (secondary N) is 1. The van der Waals surface area contributed by atoms with Gasteiger partial charge in [0.25, 0.3) is 0 Å². The lowest BCUT2D eigenvalue weighted by atomic mass is 10.3. The lowest BCUT2D eigenvalue weighted by molar-refractivity contribution is 0.628. The van der Waals surface area contributed by atoms with Crippen LogP contribution in [0.2, 0.25) is 0 Å². The van der Waals surface area contributed by atoms with Crippen LogP contribution in [-0.4, -0.2) is 30.4 Å². The minimum absolute atomic E-state index is 0.300. The zero-order chi connectivity index (χ0) is 11.3. The maximum Gasteiger partial charge on any atom is 0.198 e. The van der Waals surface area contributed by atoms with Crippen LogP contribution in [0.3, 0.4) is 0 Å². The number of hydrogen-bond acceptors (Lipinski definition) is 1. The van der Waals surface area contributed by atoms with Crippen molar-refractivity contribution in [3.8, 4) is 0 Å². The normalized spacial score (nSPS) is 10.3. The zero-order valence-electron chi connectivity index (χ0n) is 8.57. The van der Waals surface area contributed by atoms with Gasteiger partial charge in [0.15, 0.2) is 5.11 Å². The van der Waals surface area contributed by atoms with E-state index in [-0.39, 0.29) is 5.82 Å². The molecule has 0 fully saturated rings. The van der Waals surface area contributed by atoms with E-state index >= 15 is 0 Å². The number of thiocarbonyl (C=S) groups is 1. The first-order valence-corrected chi connectivity index (χ1v) is 4.76. The first kappa shape index (κ1) is 11.6. The average Bonchev–Trinajstić information content (AvgIpc) is 2.15. The molecule has 0 unspecified atom stereocenters. The summed E-state index contributed by atoms with van der Waals surface area (Å²) in [6.45, 7) is 0. The molecule has 1 N–H and O–H groups in total. The fourth-order valence-corrected chi connectivity index (χ4v) is 1.05. The van der Waals surface area contributed by atoms with E-state index in [0.717, 1.165) is 0 Å². The van der Waals surface area contributed by atoms with Crippen molar-refractivity contribution in [3.05, 3.63) is 30.1 Å². The van der Waals surface area contributed by atoms with E-state index in [1.165, 1.54) is 12.1 Å². The quantitative estimate of drug-likeness (QED) is 0.474. The van der Waals surface area contributed by atoms with Crippen molar-refractivity contribution in [1.29, 1.82) is 0 Å². The Morgan fingerprint density at radius 2 is 2.27 bits per heavy atom. The number of rotatable bonds is 2. The van der Waals surface area contributed by atoms with Crippen molar-refractivity contribution in [2.45, 2.75) is 0 Å². The van der Waals surface area contributed by atoms with Gasteiger partial charge < -0.3 is 10.2 Å². The van der Waals surface area contributed by atoms with Crippen molar-refractivity contribution < 1.29 is 4.39 Å². The van der Waals surface area contributed by atoms with Crippen LogP contribution in [0.15, 0.2) is 29.3 Å². The fourth-order valence-electron chi connectivity index (χ4n) is 0.890. The lowest BCUT2D eigenvalue weighted by Gasteiger charge is -2.05. The van der Waals surface area contributed by atoms with E-state index in [9.17, 15) is 4.39 Å². The highest BCUT2D eigenvalue weighted by Gasteiger charge is 1.96. The van der Waals surface area contributed by atoms with Gasteiger partial charge in [-0.05, 0) is 30.4 Å². The van der Waals surface area contributed by atoms with E-state index in [1.54, 1.807) is 23.4 Å². The van der Waals surface area contributed by atoms with Crippen molar-refractivity contribution in [2.24, 2.45) is 4.99 Å². The van der Waals surface area contributed by atoms with Gasteiger partial charge in [0, 0.05) is 19.8 Å². The summed E-state index contributed by atoms with van der Waals surface area (Å²) in [5, 5.41) is 3.11. The molecule has 15 heavy (non-hydrogen) atoms. The van der Waals surface area contributed by atoms with Gasteiger partial charge >= 0.3 is 0 Å². The molecule has 80 valence electrons. The van der Waals surface area contributed by atoms with Gasteiger partial charge in [-0.25, -0.2) is 9.38 Å². The summed E-state index contributed by atoms with van der Waals surface area (Å²) in [7, 11) is 3.68. The second-order valence-corrected chi connectivity index (χ2v) is 3.54. The predicted octanol–water partition coefficient (Wildman–Crippen LogP) is 2.11. The molecule has 3 nitrogen and oxygen atoms in total. The third-order valence-electron chi connectivity index (χ3n) is 1.48. The standard InChI is InChI=1S/C10H12FN3S/c1-14(2)7-12-10(15)13-9-5-3-4-8(11)6-9/h3-7H,1-2H3,(H,13,15)/b12-7+. The summed E-state index contributed by atoms with van der Waals surface area (Å²) in [5.41, 5.74) is 0.593. The minimum Gasteiger partial charge on any atom is -0.369 e. The van der Waals surface area contributed by atoms with Gasteiger partial charge in [-0.3, -0.25) is 0 Å². The lowest BCUT2D eigenvalue weighted by Crippen LogP contribution is -2.12. The molecular weight excluding hydrogens is 213 g/mol. The van der Waals surface area contributed by atoms with E-state index in [0.29, 0.717) is 10.8 Å². The molecule has 1 aromatic rings. The Balaban J connectivity index is 2.59. The number of benzene rings is 1. The molecule has 0 atom stereocenters. The minimum atomic E-state index is -0.306. The largest absolute Gasteiger partial charge is 0.369 e. The summed E-state index contributed by atoms with van der Waals surface area (Å²) >= 11 is 4.94. The summed E-state index contributed by atoms with van der Waals surface area (Å²) in [4.78, 5) is 5.71. The van der Waals surface area contributed by atoms with Gasteiger partial charge in [-0.1, -0.05) is 6.07 Å². The topological polar surface area (TPSA) is 27.6 Å². The van der Waals surface area contributed by atoms with Crippen LogP contribution in [0.1, 0.15) is 0 Å². The second-order valence-electron chi connectivity index (χ2n) is 3.15. The van der Waals surface area contributed by atoms with Crippen LogP contribution in [0.5, 0.6) is 0 Å². The third-order valence-corrected chi connectivity index (χ3v) is 1.69. The van der Waals surface area contributed by atoms with Crippen LogP contribution in [0, 0.1) is 5.82 Å². The third kappa shape index (κ3) is 4.51. The van der Waals surface area contributed by atoms with Crippen molar-refractivity contribution in [3.63, 3.8) is 0 Å². The molecular formula is C10H12FN3S. The molecule has 0 saturated heterocycles. The van der Waals surface area contributed by atoms with Crippen LogP contribution >= 0.6 is 12.2 Å². The molecule has 0 radical (unpaired) electrons. The monoisotopic (exact) mass is 225 g/mol. The van der Waals surface area contributed by atoms with Crippen LogP contribution < -0.4 is 5.32 Å². The SMILES string of the molecule is CN(C)/C=N/C(=S)Nc1cccc(F)c1. The summed E-state index contributed by atoms with van der Waals surface area (Å²) < 4.78 is 12.8. The highest BCUT2D eigenvalue weighted by Crippen LogP contribution is 2.09. The second kappa shape index (κ2) is 5.41. The van der Waals surface area contributed by atoms with E-state index in [4.69, 9.17) is 12.2 Å². The van der Waals surface area contributed by atoms with Crippen molar-refractivity contribution in [1.82, 2.24) is 4.90 Å². The van der Waals surface area contributed by atoms with Gasteiger partial charge in [-0.15, -0.1) is 0 Å². The molecule has 5 heteroatoms. The van der Waals surface area contributed by atoms with E-state index in [1.807, 2.05) is 14.1 Å². The average molecular weight is 225 g/mol. The number of aliphatic imine (C=N–C) groups is 1. The molecule has 0 bridgehead atoms. The fraction of sp³-hybridized carbons (Fsp3) is 0.200. The van der Waals surface area contributed by atoms with Crippen molar-refractivity contribution >= 4 is 29.4 Å². The predicted molar refractivity (Wildman–Crippen MR) is 64.8 cm³/mol. The molecule has 0 saturated carbocycles. The van der Waals surface area contributed by atoms with Crippen LogP contribution in [-0.2, 0) is 0 Å². The highest BCUT2D eigenvalue weighted by molar-refractivity contribution is 7.80. The van der Waals surface area contributed by atoms with Crippen LogP contribution in [0.25, 0.3) is 0 Å². The van der Waals surface area contributed by atoms with E-state index < -0.39 is 0 Å². The van der Waals surface area contributed by atoms with Crippen molar-refractivity contribution in [2.75, 3.05) is 19.4 Å². The Hall–Kier alpha value is -1.49. The van der Waals surface area contributed by atoms with Gasteiger partial charge in [-0.2, -0.15) is 0 Å². The summed E-state index contributed by atoms with van der Waals surface area (Å²) in [5.74, 6) is -0.306. The molecule has 0 spiro atoms. The molecule has 1 aromatic carbocycles. The molecule has 0 heterocycles. The summed E-state index contributed by atoms with van der Waals surface area (Å²) in [6.07, 6.45) is 1.58. The maximum absolute atomic E-state index is 12.8. The first-order valence-electron chi connectivity index (χ1n) is 4.35. The number of halogens is 1. The zero-order valence-corrected chi connectivity index (χ0v) is 9.38. The summed E-state index contributed by atoms with van der Waals surface area (Å²) in [6, 6.07) is 6.06. The Labute approximate surface area is 93.6 Å². The molecule has 0 amide bonds. The maximum atomic E-state index is 12.8. The Morgan fingerprint density at radius 1 is 1.53 bits per heavy atom. The number of hydrogen-bond donors (Lipinski definition) is 1. The molecule has 1 rings (SSSR count). The number of nitrogens with zero attached hydrogens (tertiary/aromatic N) is 2. The van der Waals surface area contributed by atoms with E-state index in [2.05, 4.69) is 10.3 Å². The van der Waals surface area contributed by atoms with Crippen LogP contribution in [0.4, 0.5) is 10.1 Å². The molecule has 0 aliphatic rings. The molecule has 0 aliphatic heterocycles. The smallest absolute Gasteiger partial charge is 0.198 e. The Morgan fingerprint density at radius 3 is 2.87 bits per heavy atom. The van der Waals surface area contributed by atoms with Gasteiger partial charge in [0.2, 0.25) is 0 Å².